The first kappa shape index (κ1) is 29.1. The summed E-state index contributed by atoms with van der Waals surface area (Å²) in [6, 6.07) is -0.764. The van der Waals surface area contributed by atoms with Crippen LogP contribution >= 0.6 is 0 Å². The molecule has 2 saturated heterocycles. The molecule has 3 amide bonds. The molecule has 2 aromatic heterocycles. The van der Waals surface area contributed by atoms with Gasteiger partial charge >= 0.3 is 12.1 Å². The number of nitrogens with one attached hydrogen (secondary N) is 3. The lowest BCUT2D eigenvalue weighted by molar-refractivity contribution is -0.0760. The fraction of sp³-hybridized carbons (Fsp3) is 0.600. The van der Waals surface area contributed by atoms with E-state index in [1.165, 1.54) is 31.7 Å². The Morgan fingerprint density at radius 2 is 2.00 bits per heavy atom. The van der Waals surface area contributed by atoms with E-state index in [1.54, 1.807) is 11.8 Å². The lowest BCUT2D eigenvalue weighted by atomic mass is 9.82. The van der Waals surface area contributed by atoms with Crippen molar-refractivity contribution in [3.05, 3.63) is 24.7 Å². The Kier molecular flexibility index (Phi) is 8.81. The number of halogens is 2. The Bertz CT molecular complexity index is 1190. The molecule has 2 aliphatic heterocycles. The van der Waals surface area contributed by atoms with E-state index < -0.39 is 30.5 Å². The molecule has 0 aromatic carbocycles. The predicted octanol–water partition coefficient (Wildman–Crippen LogP) is 2.98. The smallest absolute Gasteiger partial charge is 0.413 e. The van der Waals surface area contributed by atoms with Crippen molar-refractivity contribution in [1.29, 1.82) is 0 Å². The molecule has 0 radical (unpaired) electrons. The van der Waals surface area contributed by atoms with E-state index in [-0.39, 0.29) is 48.1 Å². The van der Waals surface area contributed by atoms with Crippen LogP contribution in [0.2, 0.25) is 0 Å². The number of urea groups is 1. The molecule has 2 atom stereocenters. The van der Waals surface area contributed by atoms with Gasteiger partial charge < -0.3 is 24.6 Å². The van der Waals surface area contributed by atoms with Crippen molar-refractivity contribution in [1.82, 2.24) is 30.2 Å². The van der Waals surface area contributed by atoms with Gasteiger partial charge in [-0.3, -0.25) is 10.6 Å². The topological polar surface area (TPSA) is 147 Å². The summed E-state index contributed by atoms with van der Waals surface area (Å²) in [6.07, 6.45) is 3.28. The third-order valence-corrected chi connectivity index (χ3v) is 6.98. The maximum atomic E-state index is 15.0. The third-order valence-electron chi connectivity index (χ3n) is 6.98. The van der Waals surface area contributed by atoms with Crippen molar-refractivity contribution >= 4 is 29.7 Å². The molecule has 3 N–H and O–H groups in total. The fourth-order valence-corrected chi connectivity index (χ4v) is 4.61. The minimum absolute atomic E-state index is 0.0412. The van der Waals surface area contributed by atoms with E-state index in [0.717, 1.165) is 18.0 Å². The average molecular weight is 564 g/mol. The predicted molar refractivity (Wildman–Crippen MR) is 143 cm³/mol. The Balaban J connectivity index is 1.39. The van der Waals surface area contributed by atoms with Gasteiger partial charge in [0.15, 0.2) is 5.82 Å². The molecule has 13 nitrogen and oxygen atoms in total. The highest BCUT2D eigenvalue weighted by Gasteiger charge is 2.48. The van der Waals surface area contributed by atoms with Crippen LogP contribution in [0, 0.1) is 5.41 Å². The number of amides is 3. The van der Waals surface area contributed by atoms with Crippen LogP contribution in [0.1, 0.15) is 33.6 Å². The van der Waals surface area contributed by atoms with Gasteiger partial charge in [0.2, 0.25) is 11.8 Å². The third kappa shape index (κ3) is 7.00. The lowest BCUT2D eigenvalue weighted by Crippen LogP contribution is -2.60. The SMILES string of the molecule is CCOc1cnc(NC(=O)N(C)C2CN(c3nccc(NC(=O)OC4CCNCC4(C)C)n3)CCC2(F)F)cn1. The van der Waals surface area contributed by atoms with Gasteiger partial charge in [0.25, 0.3) is 5.92 Å². The highest BCUT2D eigenvalue weighted by molar-refractivity contribution is 5.88. The summed E-state index contributed by atoms with van der Waals surface area (Å²) >= 11 is 0. The van der Waals surface area contributed by atoms with Crippen LogP contribution in [0.25, 0.3) is 0 Å². The molecule has 2 aliphatic rings. The first-order valence-corrected chi connectivity index (χ1v) is 13.1. The second-order valence-corrected chi connectivity index (χ2v) is 10.4. The zero-order chi connectivity index (χ0) is 28.9. The van der Waals surface area contributed by atoms with Crippen LogP contribution < -0.4 is 25.6 Å². The standard InChI is InChI=1S/C25H35F2N9O4/c1-5-39-20-13-30-19(12-31-20)33-22(37)35(4)16-14-36(11-8-25(16,26)27)21-29-10-7-18(32-21)34-23(38)40-17-6-9-28-15-24(17,2)3/h7,10,12-13,16-17,28H,5-6,8-9,11,14-15H2,1-4H3,(H,30,33,37)(H,29,32,34,38). The maximum absolute atomic E-state index is 15.0. The van der Waals surface area contributed by atoms with E-state index in [4.69, 9.17) is 9.47 Å². The van der Waals surface area contributed by atoms with E-state index in [0.29, 0.717) is 13.0 Å². The van der Waals surface area contributed by atoms with E-state index in [1.807, 2.05) is 13.8 Å². The number of aromatic nitrogens is 4. The van der Waals surface area contributed by atoms with Gasteiger partial charge in [-0.15, -0.1) is 0 Å². The van der Waals surface area contributed by atoms with Crippen molar-refractivity contribution in [2.45, 2.75) is 51.7 Å². The zero-order valence-electron chi connectivity index (χ0n) is 23.0. The van der Waals surface area contributed by atoms with Gasteiger partial charge in [-0.2, -0.15) is 4.98 Å². The number of alkyl halides is 2. The molecule has 4 heterocycles. The molecular formula is C25H35F2N9O4. The van der Waals surface area contributed by atoms with Crippen molar-refractivity contribution in [2.75, 3.05) is 55.4 Å². The molecule has 2 fully saturated rings. The monoisotopic (exact) mass is 563 g/mol. The first-order chi connectivity index (χ1) is 19.0. The molecule has 0 spiro atoms. The summed E-state index contributed by atoms with van der Waals surface area (Å²) in [7, 11) is 1.29. The summed E-state index contributed by atoms with van der Waals surface area (Å²) < 4.78 is 40.8. The molecular weight excluding hydrogens is 528 g/mol. The summed E-state index contributed by atoms with van der Waals surface area (Å²) in [5.41, 5.74) is -0.224. The van der Waals surface area contributed by atoms with Crippen LogP contribution in [0.3, 0.4) is 0 Å². The first-order valence-electron chi connectivity index (χ1n) is 13.1. The zero-order valence-corrected chi connectivity index (χ0v) is 23.0. The second-order valence-electron chi connectivity index (χ2n) is 10.4. The number of nitrogens with zero attached hydrogens (tertiary/aromatic N) is 6. The number of piperidine rings is 2. The van der Waals surface area contributed by atoms with Crippen molar-refractivity contribution in [3.63, 3.8) is 0 Å². The number of anilines is 3. The Hall–Kier alpha value is -3.88. The van der Waals surface area contributed by atoms with E-state index in [9.17, 15) is 18.4 Å². The molecule has 4 rings (SSSR count). The van der Waals surface area contributed by atoms with Gasteiger partial charge in [-0.25, -0.2) is 33.3 Å². The molecule has 2 aromatic rings. The number of likely N-dealkylation sites (N-methyl/N-ethyl adjacent to an activating group) is 1. The lowest BCUT2D eigenvalue weighted by Gasteiger charge is -2.42. The van der Waals surface area contributed by atoms with E-state index in [2.05, 4.69) is 35.9 Å². The molecule has 0 saturated carbocycles. The quantitative estimate of drug-likeness (QED) is 0.459. The minimum atomic E-state index is -3.16. The Morgan fingerprint density at radius 3 is 2.70 bits per heavy atom. The van der Waals surface area contributed by atoms with Crippen LogP contribution in [0.15, 0.2) is 24.7 Å². The Labute approximate surface area is 231 Å². The highest BCUT2D eigenvalue weighted by Crippen LogP contribution is 2.33. The van der Waals surface area contributed by atoms with Gasteiger partial charge in [0.1, 0.15) is 18.0 Å². The van der Waals surface area contributed by atoms with Crippen molar-refractivity contribution in [2.24, 2.45) is 5.41 Å². The number of rotatable bonds is 7. The normalized spacial score (nSPS) is 21.7. The van der Waals surface area contributed by atoms with Gasteiger partial charge in [-0.05, 0) is 26.0 Å². The fourth-order valence-electron chi connectivity index (χ4n) is 4.61. The number of hydrogen-bond donors (Lipinski definition) is 3. The summed E-state index contributed by atoms with van der Waals surface area (Å²) in [6.45, 7) is 7.44. The van der Waals surface area contributed by atoms with Crippen LogP contribution in [0.4, 0.5) is 36.0 Å². The van der Waals surface area contributed by atoms with Crippen LogP contribution in [0.5, 0.6) is 5.88 Å². The summed E-state index contributed by atoms with van der Waals surface area (Å²) in [5.74, 6) is -2.46. The van der Waals surface area contributed by atoms with Gasteiger partial charge in [-0.1, -0.05) is 13.8 Å². The van der Waals surface area contributed by atoms with Crippen LogP contribution in [-0.2, 0) is 4.74 Å². The Morgan fingerprint density at radius 1 is 1.20 bits per heavy atom. The number of carbonyl (C=O) groups excluding carboxylic acids is 2. The van der Waals surface area contributed by atoms with Gasteiger partial charge in [0.05, 0.1) is 19.0 Å². The summed E-state index contributed by atoms with van der Waals surface area (Å²) in [5, 5.41) is 8.37. The molecule has 2 unspecified atom stereocenters. The average Bonchev–Trinajstić information content (AvgIpc) is 2.91. The maximum Gasteiger partial charge on any atom is 0.413 e. The van der Waals surface area contributed by atoms with Crippen molar-refractivity contribution < 1.29 is 27.8 Å². The molecule has 40 heavy (non-hydrogen) atoms. The van der Waals surface area contributed by atoms with E-state index >= 15 is 0 Å². The van der Waals surface area contributed by atoms with Crippen LogP contribution in [-0.4, -0.2) is 94.9 Å². The molecule has 0 bridgehead atoms. The summed E-state index contributed by atoms with van der Waals surface area (Å²) in [4.78, 5) is 44.4. The van der Waals surface area contributed by atoms with Gasteiger partial charge in [0, 0.05) is 44.7 Å². The largest absolute Gasteiger partial charge is 0.477 e. The molecule has 218 valence electrons. The highest BCUT2D eigenvalue weighted by atomic mass is 19.3. The number of ether oxygens (including phenoxy) is 2. The second kappa shape index (κ2) is 12.1. The number of carbonyl (C=O) groups is 2. The number of hydrogen-bond acceptors (Lipinski definition) is 10. The molecule has 0 aliphatic carbocycles. The van der Waals surface area contributed by atoms with Crippen molar-refractivity contribution in [3.8, 4) is 5.88 Å². The molecule has 15 heteroatoms. The minimum Gasteiger partial charge on any atom is -0.477 e.